The largest absolute Gasteiger partial charge is 0.371 e. The molecule has 90 valence electrons. The quantitative estimate of drug-likeness (QED) is 0.736. The number of nitrogens with one attached hydrogen (secondary N) is 1. The van der Waals surface area contributed by atoms with Crippen LogP contribution in [0, 0.1) is 0 Å². The smallest absolute Gasteiger partial charge is 0.147 e. The Hall–Kier alpha value is -1.64. The lowest BCUT2D eigenvalue weighted by molar-refractivity contribution is -0.0122. The summed E-state index contributed by atoms with van der Waals surface area (Å²) in [4.78, 5) is 0. The summed E-state index contributed by atoms with van der Waals surface area (Å²) in [5, 5.41) is 14.3. The molecular weight excluding hydrogens is 222 g/mol. The van der Waals surface area contributed by atoms with Crippen LogP contribution < -0.4 is 5.32 Å². The molecule has 2 aromatic carbocycles. The minimum atomic E-state index is -0.917. The molecule has 0 aromatic heterocycles. The van der Waals surface area contributed by atoms with Gasteiger partial charge in [0.2, 0.25) is 0 Å². The van der Waals surface area contributed by atoms with Gasteiger partial charge in [-0.15, -0.1) is 0 Å². The van der Waals surface area contributed by atoms with Gasteiger partial charge >= 0.3 is 0 Å². The zero-order chi connectivity index (χ0) is 12.4. The van der Waals surface area contributed by atoms with Gasteiger partial charge in [-0.1, -0.05) is 48.5 Å². The van der Waals surface area contributed by atoms with Crippen molar-refractivity contribution in [2.75, 3.05) is 0 Å². The number of rotatable bonds is 0. The van der Waals surface area contributed by atoms with Gasteiger partial charge in [-0.25, -0.2) is 0 Å². The molecule has 4 rings (SSSR count). The lowest BCUT2D eigenvalue weighted by Crippen LogP contribution is -2.51. The standard InChI is InChI=1S/C16H15NO/c1-15-12-7-3-2-6-11(12)10-16(18,17-15)14-9-5-4-8-13(14)15/h2-9,17-18H,10H2,1H3/t15-,16-/m1/s1. The molecule has 0 saturated heterocycles. The van der Waals surface area contributed by atoms with E-state index in [1.165, 1.54) is 16.7 Å². The van der Waals surface area contributed by atoms with E-state index in [0.717, 1.165) is 5.56 Å². The SMILES string of the molecule is C[C@@]12N[C@@](O)(Cc3ccccc31)c1ccccc12. The van der Waals surface area contributed by atoms with Gasteiger partial charge in [-0.05, 0) is 23.6 Å². The normalized spacial score (nSPS) is 31.9. The molecule has 2 aromatic rings. The summed E-state index contributed by atoms with van der Waals surface area (Å²) in [5.41, 5.74) is 3.53. The van der Waals surface area contributed by atoms with Crippen LogP contribution in [-0.2, 0) is 17.7 Å². The van der Waals surface area contributed by atoms with Crippen molar-refractivity contribution in [2.45, 2.75) is 24.6 Å². The van der Waals surface area contributed by atoms with Gasteiger partial charge in [-0.2, -0.15) is 0 Å². The van der Waals surface area contributed by atoms with Crippen molar-refractivity contribution in [1.82, 2.24) is 5.32 Å². The Balaban J connectivity index is 2.09. The molecule has 2 nitrogen and oxygen atoms in total. The summed E-state index contributed by atoms with van der Waals surface area (Å²) in [6.07, 6.45) is 0.635. The van der Waals surface area contributed by atoms with Crippen LogP contribution >= 0.6 is 0 Å². The monoisotopic (exact) mass is 237 g/mol. The van der Waals surface area contributed by atoms with Gasteiger partial charge < -0.3 is 5.11 Å². The molecule has 18 heavy (non-hydrogen) atoms. The Morgan fingerprint density at radius 3 is 2.33 bits per heavy atom. The molecule has 2 N–H and O–H groups in total. The second kappa shape index (κ2) is 3.02. The molecule has 0 spiro atoms. The molecule has 0 saturated carbocycles. The molecular formula is C16H15NO. The third kappa shape index (κ3) is 1.05. The Kier molecular flexibility index (Phi) is 1.73. The summed E-state index contributed by atoms with van der Waals surface area (Å²) in [7, 11) is 0. The minimum absolute atomic E-state index is 0.278. The lowest BCUT2D eigenvalue weighted by Gasteiger charge is -2.38. The van der Waals surface area contributed by atoms with E-state index < -0.39 is 5.72 Å². The summed E-state index contributed by atoms with van der Waals surface area (Å²) in [6, 6.07) is 16.6. The number of fused-ring (bicyclic) bond motifs is 7. The number of aliphatic hydroxyl groups is 1. The molecule has 0 unspecified atom stereocenters. The minimum Gasteiger partial charge on any atom is -0.371 e. The highest BCUT2D eigenvalue weighted by Crippen LogP contribution is 2.49. The average Bonchev–Trinajstić information content (AvgIpc) is 2.56. The van der Waals surface area contributed by atoms with Crippen LogP contribution in [0.25, 0.3) is 0 Å². The van der Waals surface area contributed by atoms with E-state index in [-0.39, 0.29) is 5.54 Å². The zero-order valence-corrected chi connectivity index (χ0v) is 10.3. The fourth-order valence-corrected chi connectivity index (χ4v) is 3.62. The molecule has 0 aliphatic carbocycles. The molecule has 2 atom stereocenters. The second-order valence-corrected chi connectivity index (χ2v) is 5.49. The van der Waals surface area contributed by atoms with E-state index >= 15 is 0 Å². The Labute approximate surface area is 106 Å². The van der Waals surface area contributed by atoms with E-state index in [1.54, 1.807) is 0 Å². The molecule has 2 heterocycles. The summed E-state index contributed by atoms with van der Waals surface area (Å²) in [5.74, 6) is 0. The van der Waals surface area contributed by atoms with E-state index in [9.17, 15) is 5.11 Å². The summed E-state index contributed by atoms with van der Waals surface area (Å²) >= 11 is 0. The van der Waals surface area contributed by atoms with E-state index in [2.05, 4.69) is 36.5 Å². The van der Waals surface area contributed by atoms with Gasteiger partial charge in [0.15, 0.2) is 0 Å². The molecule has 0 radical (unpaired) electrons. The first-order chi connectivity index (χ1) is 8.63. The predicted octanol–water partition coefficient (Wildman–Crippen LogP) is 2.25. The van der Waals surface area contributed by atoms with Crippen LogP contribution in [0.3, 0.4) is 0 Å². The summed E-state index contributed by atoms with van der Waals surface area (Å²) in [6.45, 7) is 2.15. The van der Waals surface area contributed by atoms with Crippen molar-refractivity contribution in [3.63, 3.8) is 0 Å². The first kappa shape index (κ1) is 10.3. The lowest BCUT2D eigenvalue weighted by atomic mass is 9.82. The fraction of sp³-hybridized carbons (Fsp3) is 0.250. The van der Waals surface area contributed by atoms with Crippen LogP contribution in [0.1, 0.15) is 29.2 Å². The molecule has 0 amide bonds. The number of hydrogen-bond donors (Lipinski definition) is 2. The van der Waals surface area contributed by atoms with E-state index in [4.69, 9.17) is 0 Å². The Morgan fingerprint density at radius 1 is 0.944 bits per heavy atom. The third-order valence-electron chi connectivity index (χ3n) is 4.37. The topological polar surface area (TPSA) is 32.3 Å². The van der Waals surface area contributed by atoms with Crippen molar-refractivity contribution >= 4 is 0 Å². The van der Waals surface area contributed by atoms with Gasteiger partial charge in [0.1, 0.15) is 5.72 Å². The van der Waals surface area contributed by atoms with Crippen LogP contribution in [0.15, 0.2) is 48.5 Å². The maximum absolute atomic E-state index is 10.9. The number of benzene rings is 2. The second-order valence-electron chi connectivity index (χ2n) is 5.49. The van der Waals surface area contributed by atoms with Crippen molar-refractivity contribution < 1.29 is 5.11 Å². The fourth-order valence-electron chi connectivity index (χ4n) is 3.62. The highest BCUT2D eigenvalue weighted by molar-refractivity contribution is 5.55. The van der Waals surface area contributed by atoms with E-state index in [1.807, 2.05) is 24.3 Å². The maximum Gasteiger partial charge on any atom is 0.147 e. The van der Waals surface area contributed by atoms with Crippen molar-refractivity contribution in [1.29, 1.82) is 0 Å². The molecule has 2 aliphatic heterocycles. The van der Waals surface area contributed by atoms with E-state index in [0.29, 0.717) is 6.42 Å². The highest BCUT2D eigenvalue weighted by Gasteiger charge is 2.53. The summed E-state index contributed by atoms with van der Waals surface area (Å²) < 4.78 is 0. The average molecular weight is 237 g/mol. The van der Waals surface area contributed by atoms with Crippen molar-refractivity contribution in [3.8, 4) is 0 Å². The van der Waals surface area contributed by atoms with Crippen molar-refractivity contribution in [3.05, 3.63) is 70.8 Å². The predicted molar refractivity (Wildman–Crippen MR) is 70.1 cm³/mol. The van der Waals surface area contributed by atoms with Gasteiger partial charge in [-0.3, -0.25) is 5.32 Å². The van der Waals surface area contributed by atoms with Crippen molar-refractivity contribution in [2.24, 2.45) is 0 Å². The zero-order valence-electron chi connectivity index (χ0n) is 10.3. The highest BCUT2D eigenvalue weighted by atomic mass is 16.3. The van der Waals surface area contributed by atoms with Crippen LogP contribution in [-0.4, -0.2) is 5.11 Å². The molecule has 0 fully saturated rings. The van der Waals surface area contributed by atoms with Gasteiger partial charge in [0.05, 0.1) is 5.54 Å². The Morgan fingerprint density at radius 2 is 1.56 bits per heavy atom. The van der Waals surface area contributed by atoms with Crippen LogP contribution in [0.4, 0.5) is 0 Å². The van der Waals surface area contributed by atoms with Crippen LogP contribution in [0.5, 0.6) is 0 Å². The molecule has 2 bridgehead atoms. The maximum atomic E-state index is 10.9. The first-order valence-corrected chi connectivity index (χ1v) is 6.34. The van der Waals surface area contributed by atoms with Gasteiger partial charge in [0, 0.05) is 12.0 Å². The van der Waals surface area contributed by atoms with Gasteiger partial charge in [0.25, 0.3) is 0 Å². The molecule has 2 heteroatoms. The van der Waals surface area contributed by atoms with Crippen LogP contribution in [0.2, 0.25) is 0 Å². The first-order valence-electron chi connectivity index (χ1n) is 6.34. The molecule has 2 aliphatic rings. The Bertz CT molecular complexity index is 651. The number of hydrogen-bond acceptors (Lipinski definition) is 2. The third-order valence-corrected chi connectivity index (χ3v) is 4.37.